The zero-order chi connectivity index (χ0) is 13.0. The van der Waals surface area contributed by atoms with E-state index in [4.69, 9.17) is 9.72 Å². The number of hydrogen-bond acceptors (Lipinski definition) is 5. The van der Waals surface area contributed by atoms with E-state index in [1.54, 1.807) is 18.4 Å². The molecule has 0 spiro atoms. The van der Waals surface area contributed by atoms with Crippen LogP contribution in [0, 0.1) is 0 Å². The van der Waals surface area contributed by atoms with Crippen molar-refractivity contribution in [1.29, 1.82) is 0 Å². The van der Waals surface area contributed by atoms with Crippen molar-refractivity contribution in [3.05, 3.63) is 11.1 Å². The van der Waals surface area contributed by atoms with Crippen LogP contribution in [0.5, 0.6) is 0 Å². The molecule has 1 saturated carbocycles. The van der Waals surface area contributed by atoms with Gasteiger partial charge in [-0.2, -0.15) is 0 Å². The summed E-state index contributed by atoms with van der Waals surface area (Å²) in [5, 5.41) is 6.71. The van der Waals surface area contributed by atoms with Crippen LogP contribution < -0.4 is 10.2 Å². The van der Waals surface area contributed by atoms with Crippen molar-refractivity contribution >= 4 is 16.5 Å². The van der Waals surface area contributed by atoms with Crippen molar-refractivity contribution in [3.8, 4) is 0 Å². The van der Waals surface area contributed by atoms with Crippen molar-refractivity contribution in [1.82, 2.24) is 10.3 Å². The summed E-state index contributed by atoms with van der Waals surface area (Å²) in [6, 6.07) is 1.19. The Bertz CT molecular complexity index is 363. The van der Waals surface area contributed by atoms with Crippen molar-refractivity contribution in [2.24, 2.45) is 0 Å². The average molecular weight is 269 g/mol. The monoisotopic (exact) mass is 269 g/mol. The first-order valence-electron chi connectivity index (χ1n) is 6.64. The van der Waals surface area contributed by atoms with Crippen LogP contribution in [0.4, 0.5) is 5.13 Å². The normalized spacial score (nSPS) is 15.3. The first-order chi connectivity index (χ1) is 8.70. The van der Waals surface area contributed by atoms with Crippen LogP contribution in [-0.4, -0.2) is 37.3 Å². The van der Waals surface area contributed by atoms with Gasteiger partial charge in [-0.3, -0.25) is 0 Å². The maximum Gasteiger partial charge on any atom is 0.185 e. The molecule has 1 fully saturated rings. The summed E-state index contributed by atoms with van der Waals surface area (Å²) >= 11 is 1.75. The quantitative estimate of drug-likeness (QED) is 0.785. The van der Waals surface area contributed by atoms with Crippen LogP contribution in [0.25, 0.3) is 0 Å². The first-order valence-corrected chi connectivity index (χ1v) is 7.52. The Hall–Kier alpha value is -0.650. The van der Waals surface area contributed by atoms with Gasteiger partial charge in [-0.15, -0.1) is 11.3 Å². The Labute approximate surface area is 113 Å². The standard InChI is InChI=1S/C13H23N3OS/c1-10(2)14-8-11-9-18-13(15-11)16(6-7-17-3)12-4-5-12/h9-10,12,14H,4-8H2,1-3H3. The fraction of sp³-hybridized carbons (Fsp3) is 0.769. The molecule has 1 aromatic rings. The topological polar surface area (TPSA) is 37.4 Å². The molecular weight excluding hydrogens is 246 g/mol. The Balaban J connectivity index is 1.93. The van der Waals surface area contributed by atoms with Gasteiger partial charge in [-0.25, -0.2) is 4.98 Å². The third-order valence-electron chi connectivity index (χ3n) is 3.00. The van der Waals surface area contributed by atoms with E-state index in [0.717, 1.165) is 30.5 Å². The minimum atomic E-state index is 0.503. The molecule has 0 amide bonds. The van der Waals surface area contributed by atoms with Crippen LogP contribution >= 0.6 is 11.3 Å². The molecule has 1 aliphatic rings. The van der Waals surface area contributed by atoms with E-state index in [1.807, 2.05) is 0 Å². The summed E-state index contributed by atoms with van der Waals surface area (Å²) in [4.78, 5) is 7.12. The summed E-state index contributed by atoms with van der Waals surface area (Å²) in [6.07, 6.45) is 2.59. The summed E-state index contributed by atoms with van der Waals surface area (Å²) < 4.78 is 5.18. The van der Waals surface area contributed by atoms with Gasteiger partial charge in [0.1, 0.15) is 0 Å². The molecule has 0 radical (unpaired) electrons. The zero-order valence-electron chi connectivity index (χ0n) is 11.5. The largest absolute Gasteiger partial charge is 0.383 e. The molecule has 1 aromatic heterocycles. The Morgan fingerprint density at radius 1 is 1.56 bits per heavy atom. The molecule has 1 heterocycles. The lowest BCUT2D eigenvalue weighted by Gasteiger charge is -2.20. The van der Waals surface area contributed by atoms with E-state index in [-0.39, 0.29) is 0 Å². The highest BCUT2D eigenvalue weighted by atomic mass is 32.1. The summed E-state index contributed by atoms with van der Waals surface area (Å²) in [7, 11) is 1.75. The summed E-state index contributed by atoms with van der Waals surface area (Å²) in [5.74, 6) is 0. The number of rotatable bonds is 8. The molecule has 0 atom stereocenters. The number of anilines is 1. The molecule has 0 aliphatic heterocycles. The van der Waals surface area contributed by atoms with Gasteiger partial charge in [0.25, 0.3) is 0 Å². The third-order valence-corrected chi connectivity index (χ3v) is 3.93. The van der Waals surface area contributed by atoms with E-state index in [2.05, 4.69) is 29.4 Å². The van der Waals surface area contributed by atoms with Crippen molar-refractivity contribution < 1.29 is 4.74 Å². The predicted octanol–water partition coefficient (Wildman–Crippen LogP) is 2.26. The fourth-order valence-corrected chi connectivity index (χ4v) is 2.75. The highest BCUT2D eigenvalue weighted by Crippen LogP contribution is 2.33. The Kier molecular flexibility index (Phi) is 4.97. The van der Waals surface area contributed by atoms with Gasteiger partial charge in [-0.05, 0) is 12.8 Å². The minimum absolute atomic E-state index is 0.503. The Morgan fingerprint density at radius 2 is 2.33 bits per heavy atom. The maximum absolute atomic E-state index is 5.18. The summed E-state index contributed by atoms with van der Waals surface area (Å²) in [5.41, 5.74) is 1.15. The molecule has 5 heteroatoms. The molecule has 2 rings (SSSR count). The Morgan fingerprint density at radius 3 is 2.94 bits per heavy atom. The second-order valence-electron chi connectivity index (χ2n) is 5.07. The van der Waals surface area contributed by atoms with E-state index < -0.39 is 0 Å². The molecule has 0 aromatic carbocycles. The third kappa shape index (κ3) is 3.93. The highest BCUT2D eigenvalue weighted by molar-refractivity contribution is 7.13. The number of hydrogen-bond donors (Lipinski definition) is 1. The molecule has 102 valence electrons. The summed E-state index contributed by atoms with van der Waals surface area (Å²) in [6.45, 7) is 6.89. The second-order valence-corrected chi connectivity index (χ2v) is 5.91. The SMILES string of the molecule is COCCN(c1nc(CNC(C)C)cs1)C1CC1. The number of aromatic nitrogens is 1. The minimum Gasteiger partial charge on any atom is -0.383 e. The van der Waals surface area contributed by atoms with Gasteiger partial charge in [-0.1, -0.05) is 13.8 Å². The second kappa shape index (κ2) is 6.50. The van der Waals surface area contributed by atoms with Crippen LogP contribution in [-0.2, 0) is 11.3 Å². The number of nitrogens with one attached hydrogen (secondary N) is 1. The molecular formula is C13H23N3OS. The van der Waals surface area contributed by atoms with Crippen molar-refractivity contribution in [2.45, 2.75) is 45.3 Å². The van der Waals surface area contributed by atoms with Crippen molar-refractivity contribution in [3.63, 3.8) is 0 Å². The lowest BCUT2D eigenvalue weighted by atomic mass is 10.4. The van der Waals surface area contributed by atoms with Gasteiger partial charge in [0.2, 0.25) is 0 Å². The molecule has 0 saturated heterocycles. The van der Waals surface area contributed by atoms with Crippen LogP contribution in [0.3, 0.4) is 0 Å². The lowest BCUT2D eigenvalue weighted by Crippen LogP contribution is -2.29. The lowest BCUT2D eigenvalue weighted by molar-refractivity contribution is 0.205. The first kappa shape index (κ1) is 13.8. The van der Waals surface area contributed by atoms with Gasteiger partial charge < -0.3 is 15.0 Å². The van der Waals surface area contributed by atoms with Gasteiger partial charge in [0, 0.05) is 37.7 Å². The number of thiazole rings is 1. The molecule has 1 aliphatic carbocycles. The van der Waals surface area contributed by atoms with Crippen LogP contribution in [0.1, 0.15) is 32.4 Å². The van der Waals surface area contributed by atoms with Crippen LogP contribution in [0.2, 0.25) is 0 Å². The smallest absolute Gasteiger partial charge is 0.185 e. The predicted molar refractivity (Wildman–Crippen MR) is 76.3 cm³/mol. The molecule has 1 N–H and O–H groups in total. The molecule has 0 bridgehead atoms. The number of nitrogens with zero attached hydrogens (tertiary/aromatic N) is 2. The van der Waals surface area contributed by atoms with Gasteiger partial charge >= 0.3 is 0 Å². The average Bonchev–Trinajstić information content (AvgIpc) is 3.06. The van der Waals surface area contributed by atoms with Gasteiger partial charge in [0.05, 0.1) is 12.3 Å². The highest BCUT2D eigenvalue weighted by Gasteiger charge is 2.30. The maximum atomic E-state index is 5.18. The molecule has 0 unspecified atom stereocenters. The number of methoxy groups -OCH3 is 1. The van der Waals surface area contributed by atoms with Crippen LogP contribution in [0.15, 0.2) is 5.38 Å². The molecule has 18 heavy (non-hydrogen) atoms. The van der Waals surface area contributed by atoms with Crippen molar-refractivity contribution in [2.75, 3.05) is 25.2 Å². The number of ether oxygens (including phenoxy) is 1. The van der Waals surface area contributed by atoms with E-state index in [0.29, 0.717) is 12.1 Å². The van der Waals surface area contributed by atoms with E-state index >= 15 is 0 Å². The van der Waals surface area contributed by atoms with Gasteiger partial charge in [0.15, 0.2) is 5.13 Å². The fourth-order valence-electron chi connectivity index (χ4n) is 1.83. The van der Waals surface area contributed by atoms with E-state index in [9.17, 15) is 0 Å². The molecule has 4 nitrogen and oxygen atoms in total. The zero-order valence-corrected chi connectivity index (χ0v) is 12.3. The van der Waals surface area contributed by atoms with E-state index in [1.165, 1.54) is 12.8 Å².